The molecule has 0 nitrogen and oxygen atoms in total. The number of allylic oxidation sites excluding steroid dienone is 3. The topological polar surface area (TPSA) is 0 Å². The number of hydrogen-bond acceptors (Lipinski definition) is 0. The number of benzene rings is 4. The van der Waals surface area contributed by atoms with Gasteiger partial charge < -0.3 is 0 Å². The highest BCUT2D eigenvalue weighted by atomic mass is 31.2. The summed E-state index contributed by atoms with van der Waals surface area (Å²) in [6, 6.07) is 39.8. The molecule has 0 radical (unpaired) electrons. The summed E-state index contributed by atoms with van der Waals surface area (Å²) in [6.07, 6.45) is 4.11. The van der Waals surface area contributed by atoms with Crippen LogP contribution in [0.2, 0.25) is 0 Å². The van der Waals surface area contributed by atoms with E-state index in [4.69, 9.17) is 0 Å². The Morgan fingerprint density at radius 3 is 1.45 bits per heavy atom. The molecule has 1 heterocycles. The van der Waals surface area contributed by atoms with E-state index in [2.05, 4.69) is 24.3 Å². The zero-order valence-electron chi connectivity index (χ0n) is 17.0. The van der Waals surface area contributed by atoms with Crippen LogP contribution in [-0.4, -0.2) is 5.29 Å². The first-order chi connectivity index (χ1) is 15.3. The van der Waals surface area contributed by atoms with Crippen molar-refractivity contribution >= 4 is 28.7 Å². The van der Waals surface area contributed by atoms with E-state index in [1.54, 1.807) is 0 Å². The highest BCUT2D eigenvalue weighted by molar-refractivity contribution is 7.88. The molecule has 0 saturated carbocycles. The lowest BCUT2D eigenvalue weighted by Gasteiger charge is -2.29. The molecule has 0 fully saturated rings. The molecule has 2 heteroatoms. The van der Waals surface area contributed by atoms with Crippen LogP contribution in [-0.2, 0) is 0 Å². The second-order valence-corrected chi connectivity index (χ2v) is 10.2. The summed E-state index contributed by atoms with van der Waals surface area (Å²) in [5.74, 6) is 0. The fraction of sp³-hybridized carbons (Fsp3) is 0. The minimum absolute atomic E-state index is 0.743. The highest BCUT2D eigenvalue weighted by Gasteiger charge is 2.33. The normalized spacial score (nSPS) is 18.3. The van der Waals surface area contributed by atoms with Crippen molar-refractivity contribution in [2.75, 3.05) is 0 Å². The summed E-state index contributed by atoms with van der Waals surface area (Å²) < 4.78 is 17.7. The highest BCUT2D eigenvalue weighted by Crippen LogP contribution is 2.65. The van der Waals surface area contributed by atoms with E-state index >= 15 is 4.20 Å². The predicted octanol–water partition coefficient (Wildman–Crippen LogP) is 7.57. The zero-order chi connectivity index (χ0) is 21.1. The molecule has 0 spiro atoms. The molecule has 0 amide bonds. The van der Waals surface area contributed by atoms with Gasteiger partial charge in [0.15, 0.2) is 0 Å². The molecular weight excluding hydrogens is 398 g/mol. The van der Waals surface area contributed by atoms with Crippen molar-refractivity contribution in [3.8, 4) is 0 Å². The lowest BCUT2D eigenvalue weighted by atomic mass is 10.0. The molecule has 0 aliphatic carbocycles. The minimum atomic E-state index is -3.34. The molecule has 31 heavy (non-hydrogen) atoms. The van der Waals surface area contributed by atoms with E-state index in [9.17, 15) is 0 Å². The summed E-state index contributed by atoms with van der Waals surface area (Å²) in [5.41, 5.74) is 3.97. The number of halogens is 1. The third-order valence-electron chi connectivity index (χ3n) is 5.61. The molecule has 1 atom stereocenters. The van der Waals surface area contributed by atoms with Gasteiger partial charge in [-0.1, -0.05) is 121 Å². The van der Waals surface area contributed by atoms with Gasteiger partial charge in [0.05, 0.1) is 0 Å². The Hall–Kier alpha value is -3.41. The first-order valence-electron chi connectivity index (χ1n) is 10.4. The van der Waals surface area contributed by atoms with Gasteiger partial charge in [0, 0.05) is 15.9 Å². The van der Waals surface area contributed by atoms with Gasteiger partial charge in [-0.25, -0.2) is 4.20 Å². The monoisotopic (exact) mass is 420 g/mol. The molecule has 0 bridgehead atoms. The largest absolute Gasteiger partial charge is 0.219 e. The van der Waals surface area contributed by atoms with Crippen molar-refractivity contribution in [1.29, 1.82) is 0 Å². The van der Waals surface area contributed by atoms with E-state index < -0.39 is 7.20 Å². The first kappa shape index (κ1) is 19.5. The average molecular weight is 420 g/mol. The van der Waals surface area contributed by atoms with E-state index in [0.717, 1.165) is 38.2 Å². The van der Waals surface area contributed by atoms with Crippen LogP contribution in [0.5, 0.6) is 0 Å². The predicted molar refractivity (Wildman–Crippen MR) is 133 cm³/mol. The summed E-state index contributed by atoms with van der Waals surface area (Å²) >= 11 is 0. The van der Waals surface area contributed by atoms with E-state index in [0.29, 0.717) is 0 Å². The third kappa shape index (κ3) is 3.63. The van der Waals surface area contributed by atoms with Crippen LogP contribution in [0.25, 0.3) is 10.9 Å². The Kier molecular flexibility index (Phi) is 5.28. The standard InChI is InChI=1S/C29H22FP/c30-31(27-19-11-4-12-20-27)28(24-15-7-2-8-16-24)21-26(23-13-5-1-6-14-23)22-29(31)25-17-9-3-10-18-25/h1-22H. The van der Waals surface area contributed by atoms with Gasteiger partial charge in [0.1, 0.15) is 7.20 Å². The second-order valence-electron chi connectivity index (χ2n) is 7.54. The van der Waals surface area contributed by atoms with Gasteiger partial charge in [-0.15, -0.1) is 0 Å². The fourth-order valence-electron chi connectivity index (χ4n) is 4.09. The van der Waals surface area contributed by atoms with Gasteiger partial charge in [0.2, 0.25) is 0 Å². The van der Waals surface area contributed by atoms with Crippen molar-refractivity contribution in [1.82, 2.24) is 0 Å². The van der Waals surface area contributed by atoms with Crippen LogP contribution in [0, 0.1) is 0 Å². The summed E-state index contributed by atoms with van der Waals surface area (Å²) in [5, 5.41) is 2.27. The lowest BCUT2D eigenvalue weighted by molar-refractivity contribution is 0.911. The second kappa shape index (κ2) is 8.38. The average Bonchev–Trinajstić information content (AvgIpc) is 2.86. The zero-order valence-corrected chi connectivity index (χ0v) is 17.9. The van der Waals surface area contributed by atoms with Crippen molar-refractivity contribution < 1.29 is 4.20 Å². The molecule has 0 aromatic heterocycles. The van der Waals surface area contributed by atoms with Crippen LogP contribution in [0.4, 0.5) is 4.20 Å². The maximum atomic E-state index is 17.7. The lowest BCUT2D eigenvalue weighted by Crippen LogP contribution is -2.14. The Bertz CT molecular complexity index is 1300. The maximum Gasteiger partial charge on any atom is 0.119 e. The van der Waals surface area contributed by atoms with Gasteiger partial charge >= 0.3 is 0 Å². The van der Waals surface area contributed by atoms with E-state index in [1.165, 1.54) is 0 Å². The quantitative estimate of drug-likeness (QED) is 0.299. The van der Waals surface area contributed by atoms with E-state index in [1.807, 2.05) is 109 Å². The molecule has 4 aromatic rings. The van der Waals surface area contributed by atoms with Gasteiger partial charge in [-0.3, -0.25) is 0 Å². The fourth-order valence-corrected chi connectivity index (χ4v) is 7.14. The Morgan fingerprint density at radius 1 is 0.452 bits per heavy atom. The van der Waals surface area contributed by atoms with Crippen molar-refractivity contribution in [3.05, 3.63) is 150 Å². The van der Waals surface area contributed by atoms with Gasteiger partial charge in [0.25, 0.3) is 0 Å². The van der Waals surface area contributed by atoms with Crippen LogP contribution in [0.3, 0.4) is 0 Å². The molecule has 1 unspecified atom stereocenters. The Balaban J connectivity index is 1.90. The van der Waals surface area contributed by atoms with Crippen LogP contribution < -0.4 is 5.30 Å². The SMILES string of the molecule is FP1(c2ccccc2)=C(c2ccccc2)C=C(c2ccccc2)C=C1c1ccccc1. The summed E-state index contributed by atoms with van der Waals surface area (Å²) in [7, 11) is -3.34. The van der Waals surface area contributed by atoms with Crippen molar-refractivity contribution in [2.45, 2.75) is 0 Å². The van der Waals surface area contributed by atoms with E-state index in [-0.39, 0.29) is 0 Å². The van der Waals surface area contributed by atoms with Crippen LogP contribution in [0.1, 0.15) is 16.7 Å². The molecule has 5 rings (SSSR count). The molecule has 4 aromatic carbocycles. The summed E-state index contributed by atoms with van der Waals surface area (Å²) in [4.78, 5) is 0. The molecular formula is C29H22FP. The van der Waals surface area contributed by atoms with Gasteiger partial charge in [-0.2, -0.15) is 0 Å². The van der Waals surface area contributed by atoms with Gasteiger partial charge in [-0.05, 0) is 34.4 Å². The number of hydrogen-bond donors (Lipinski definition) is 0. The first-order valence-corrected chi connectivity index (χ1v) is 12.1. The Morgan fingerprint density at radius 2 is 0.903 bits per heavy atom. The van der Waals surface area contributed by atoms with Crippen molar-refractivity contribution in [2.24, 2.45) is 0 Å². The van der Waals surface area contributed by atoms with Crippen LogP contribution in [0.15, 0.2) is 133 Å². The molecule has 0 N–H and O–H groups in total. The Labute approximate surface area is 183 Å². The molecule has 0 saturated heterocycles. The summed E-state index contributed by atoms with van der Waals surface area (Å²) in [6.45, 7) is 0. The molecule has 150 valence electrons. The minimum Gasteiger partial charge on any atom is -0.219 e. The third-order valence-corrected chi connectivity index (χ3v) is 8.72. The molecule has 1 aliphatic heterocycles. The smallest absolute Gasteiger partial charge is 0.119 e. The molecule has 1 aliphatic rings. The number of rotatable bonds is 4. The maximum absolute atomic E-state index is 17.7. The van der Waals surface area contributed by atoms with Crippen molar-refractivity contribution in [3.63, 3.8) is 0 Å². The van der Waals surface area contributed by atoms with Crippen LogP contribution >= 0.6 is 7.20 Å².